The highest BCUT2D eigenvalue weighted by Gasteiger charge is 2.48. The second-order valence-electron chi connectivity index (χ2n) is 6.38. The van der Waals surface area contributed by atoms with Crippen LogP contribution in [0.4, 0.5) is 4.39 Å². The maximum absolute atomic E-state index is 13.4. The van der Waals surface area contributed by atoms with Crippen molar-refractivity contribution in [1.29, 1.82) is 0 Å². The van der Waals surface area contributed by atoms with Gasteiger partial charge in [0.05, 0.1) is 11.0 Å². The molecule has 0 aromatic heterocycles. The lowest BCUT2D eigenvalue weighted by Gasteiger charge is -2.43. The van der Waals surface area contributed by atoms with Gasteiger partial charge in [-0.3, -0.25) is 0 Å². The van der Waals surface area contributed by atoms with Gasteiger partial charge >= 0.3 is 0 Å². The maximum Gasteiger partial charge on any atom is 0.243 e. The van der Waals surface area contributed by atoms with Gasteiger partial charge in [0, 0.05) is 25.6 Å². The minimum absolute atomic E-state index is 0.0384. The quantitative estimate of drug-likeness (QED) is 0.857. The number of rotatable bonds is 3. The van der Waals surface area contributed by atoms with Crippen molar-refractivity contribution in [2.45, 2.75) is 43.1 Å². The average molecular weight is 327 g/mol. The first-order chi connectivity index (χ1) is 10.5. The van der Waals surface area contributed by atoms with E-state index in [1.54, 1.807) is 7.11 Å². The maximum atomic E-state index is 13.4. The monoisotopic (exact) mass is 327 g/mol. The van der Waals surface area contributed by atoms with Gasteiger partial charge in [0.2, 0.25) is 10.0 Å². The summed E-state index contributed by atoms with van der Waals surface area (Å²) >= 11 is 0. The summed E-state index contributed by atoms with van der Waals surface area (Å²) in [6.07, 6.45) is 5.02. The van der Waals surface area contributed by atoms with Gasteiger partial charge in [-0.2, -0.15) is 4.31 Å². The van der Waals surface area contributed by atoms with Gasteiger partial charge in [0.1, 0.15) is 5.82 Å². The summed E-state index contributed by atoms with van der Waals surface area (Å²) in [5.41, 5.74) is -0.0760. The number of methoxy groups -OCH3 is 1. The molecule has 1 aliphatic carbocycles. The number of sulfonamides is 1. The van der Waals surface area contributed by atoms with E-state index in [2.05, 4.69) is 0 Å². The lowest BCUT2D eigenvalue weighted by atomic mass is 9.77. The number of nitrogens with zero attached hydrogens (tertiary/aromatic N) is 1. The Bertz CT molecular complexity index is 649. The van der Waals surface area contributed by atoms with Crippen molar-refractivity contribution in [2.24, 2.45) is 5.41 Å². The van der Waals surface area contributed by atoms with E-state index in [4.69, 9.17) is 4.74 Å². The van der Waals surface area contributed by atoms with E-state index in [1.807, 2.05) is 0 Å². The third-order valence-electron chi connectivity index (χ3n) is 5.12. The summed E-state index contributed by atoms with van der Waals surface area (Å²) in [4.78, 5) is 0.0384. The van der Waals surface area contributed by atoms with Crippen LogP contribution in [0.2, 0.25) is 0 Å². The Morgan fingerprint density at radius 2 is 2.09 bits per heavy atom. The largest absolute Gasteiger partial charge is 0.381 e. The summed E-state index contributed by atoms with van der Waals surface area (Å²) in [5.74, 6) is -0.525. The Morgan fingerprint density at radius 1 is 1.32 bits per heavy atom. The lowest BCUT2D eigenvalue weighted by molar-refractivity contribution is -0.0184. The summed E-state index contributed by atoms with van der Waals surface area (Å²) in [5, 5.41) is 0. The molecule has 2 atom stereocenters. The Balaban J connectivity index is 1.88. The number of benzene rings is 1. The molecule has 0 N–H and O–H groups in total. The zero-order chi connectivity index (χ0) is 15.8. The number of piperidine rings is 1. The van der Waals surface area contributed by atoms with Crippen LogP contribution in [0.15, 0.2) is 29.2 Å². The van der Waals surface area contributed by atoms with Gasteiger partial charge in [-0.05, 0) is 43.9 Å². The van der Waals surface area contributed by atoms with Crippen LogP contribution in [0, 0.1) is 11.2 Å². The average Bonchev–Trinajstić information content (AvgIpc) is 2.89. The van der Waals surface area contributed by atoms with E-state index in [0.717, 1.165) is 38.2 Å². The summed E-state index contributed by atoms with van der Waals surface area (Å²) in [7, 11) is -1.94. The molecule has 2 aliphatic rings. The van der Waals surface area contributed by atoms with E-state index in [-0.39, 0.29) is 16.4 Å². The van der Waals surface area contributed by atoms with Crippen molar-refractivity contribution >= 4 is 10.0 Å². The third kappa shape index (κ3) is 2.68. The number of hydrogen-bond donors (Lipinski definition) is 0. The van der Waals surface area contributed by atoms with Crippen LogP contribution in [-0.2, 0) is 14.8 Å². The van der Waals surface area contributed by atoms with Crippen LogP contribution in [-0.4, -0.2) is 39.0 Å². The molecule has 0 bridgehead atoms. The molecule has 1 saturated carbocycles. The Morgan fingerprint density at radius 3 is 2.82 bits per heavy atom. The van der Waals surface area contributed by atoms with Crippen LogP contribution in [0.25, 0.3) is 0 Å². The normalized spacial score (nSPS) is 30.0. The predicted octanol–water partition coefficient (Wildman–Crippen LogP) is 2.80. The second kappa shape index (κ2) is 5.91. The van der Waals surface area contributed by atoms with Gasteiger partial charge in [-0.25, -0.2) is 12.8 Å². The van der Waals surface area contributed by atoms with E-state index < -0.39 is 15.8 Å². The van der Waals surface area contributed by atoms with Crippen molar-refractivity contribution in [3.05, 3.63) is 30.1 Å². The molecule has 2 fully saturated rings. The number of halogens is 1. The second-order valence-corrected chi connectivity index (χ2v) is 8.32. The fourth-order valence-corrected chi connectivity index (χ4v) is 5.65. The van der Waals surface area contributed by atoms with E-state index >= 15 is 0 Å². The highest BCUT2D eigenvalue weighted by Crippen LogP contribution is 2.47. The molecule has 4 nitrogen and oxygen atoms in total. The third-order valence-corrected chi connectivity index (χ3v) is 6.96. The van der Waals surface area contributed by atoms with Gasteiger partial charge in [0.15, 0.2) is 0 Å². The zero-order valence-corrected chi connectivity index (χ0v) is 13.6. The molecule has 3 rings (SSSR count). The van der Waals surface area contributed by atoms with E-state index in [1.165, 1.54) is 22.5 Å². The van der Waals surface area contributed by atoms with Crippen LogP contribution < -0.4 is 0 Å². The Kier molecular flexibility index (Phi) is 4.27. The molecule has 1 aromatic rings. The first-order valence-electron chi connectivity index (χ1n) is 7.76. The van der Waals surface area contributed by atoms with Crippen LogP contribution in [0.5, 0.6) is 0 Å². The van der Waals surface area contributed by atoms with Gasteiger partial charge in [0.25, 0.3) is 0 Å². The minimum Gasteiger partial charge on any atom is -0.381 e. The Hall–Kier alpha value is -0.980. The molecule has 1 aromatic carbocycles. The molecule has 1 spiro atoms. The molecular formula is C16H22FNO3S. The van der Waals surface area contributed by atoms with Crippen molar-refractivity contribution in [2.75, 3.05) is 20.2 Å². The fourth-order valence-electron chi connectivity index (χ4n) is 4.04. The molecule has 0 unspecified atom stereocenters. The number of hydrogen-bond acceptors (Lipinski definition) is 3. The minimum atomic E-state index is -3.64. The van der Waals surface area contributed by atoms with Crippen molar-refractivity contribution in [3.63, 3.8) is 0 Å². The lowest BCUT2D eigenvalue weighted by Crippen LogP contribution is -2.49. The molecule has 22 heavy (non-hydrogen) atoms. The zero-order valence-electron chi connectivity index (χ0n) is 12.8. The summed E-state index contributed by atoms with van der Waals surface area (Å²) < 4.78 is 46.1. The molecule has 0 amide bonds. The van der Waals surface area contributed by atoms with Crippen LogP contribution in [0.1, 0.15) is 32.1 Å². The summed E-state index contributed by atoms with van der Waals surface area (Å²) in [6, 6.07) is 5.26. The first-order valence-corrected chi connectivity index (χ1v) is 9.20. The van der Waals surface area contributed by atoms with Gasteiger partial charge < -0.3 is 4.74 Å². The van der Waals surface area contributed by atoms with Gasteiger partial charge in [-0.15, -0.1) is 0 Å². The number of ether oxygens (including phenoxy) is 1. The van der Waals surface area contributed by atoms with Crippen LogP contribution >= 0.6 is 0 Å². The Labute approximate surface area is 131 Å². The fraction of sp³-hybridized carbons (Fsp3) is 0.625. The predicted molar refractivity (Wildman–Crippen MR) is 81.5 cm³/mol. The smallest absolute Gasteiger partial charge is 0.243 e. The van der Waals surface area contributed by atoms with Crippen molar-refractivity contribution in [3.8, 4) is 0 Å². The molecule has 6 heteroatoms. The van der Waals surface area contributed by atoms with Gasteiger partial charge in [-0.1, -0.05) is 12.5 Å². The standard InChI is InChI=1S/C16H22FNO3S/c1-21-15-7-3-8-16(15)9-4-10-18(12-16)22(19,20)14-6-2-5-13(17)11-14/h2,5-6,11,15H,3-4,7-10,12H2,1H3/t15-,16-/m1/s1. The first kappa shape index (κ1) is 15.9. The van der Waals surface area contributed by atoms with E-state index in [9.17, 15) is 12.8 Å². The van der Waals surface area contributed by atoms with E-state index in [0.29, 0.717) is 13.1 Å². The SMILES string of the molecule is CO[C@@H]1CCC[C@]12CCCN(S(=O)(=O)c1cccc(F)c1)C2. The highest BCUT2D eigenvalue weighted by atomic mass is 32.2. The molecule has 122 valence electrons. The van der Waals surface area contributed by atoms with Crippen molar-refractivity contribution in [1.82, 2.24) is 4.31 Å². The topological polar surface area (TPSA) is 46.6 Å². The molecule has 1 saturated heterocycles. The molecule has 0 radical (unpaired) electrons. The van der Waals surface area contributed by atoms with Crippen LogP contribution in [0.3, 0.4) is 0 Å². The summed E-state index contributed by atoms with van der Waals surface area (Å²) in [6.45, 7) is 0.974. The molecular weight excluding hydrogens is 305 g/mol. The molecule has 1 heterocycles. The molecule has 1 aliphatic heterocycles. The van der Waals surface area contributed by atoms with Crippen molar-refractivity contribution < 1.29 is 17.5 Å². The highest BCUT2D eigenvalue weighted by molar-refractivity contribution is 7.89.